The standard InChI is InChI=1S/C14H13ClN4O2/c15-11-7-8(1-6-12(11)16)13(20)18-9-2-4-10(5-3-9)19-14(17)21/h1-7H,16H2,(H,18,20)(H3,17,19,21). The molecule has 2 aromatic carbocycles. The zero-order valence-electron chi connectivity index (χ0n) is 10.9. The molecule has 0 fully saturated rings. The molecule has 0 aromatic heterocycles. The Morgan fingerprint density at radius 2 is 1.52 bits per heavy atom. The van der Waals surface area contributed by atoms with Gasteiger partial charge < -0.3 is 22.1 Å². The molecule has 3 amide bonds. The van der Waals surface area contributed by atoms with E-state index in [1.54, 1.807) is 36.4 Å². The van der Waals surface area contributed by atoms with Crippen LogP contribution in [0.4, 0.5) is 21.9 Å². The first-order valence-corrected chi connectivity index (χ1v) is 6.36. The highest BCUT2D eigenvalue weighted by Gasteiger charge is 2.08. The second-order valence-electron chi connectivity index (χ2n) is 4.26. The molecule has 2 rings (SSSR count). The van der Waals surface area contributed by atoms with E-state index in [1.165, 1.54) is 6.07 Å². The number of urea groups is 1. The van der Waals surface area contributed by atoms with Crippen molar-refractivity contribution in [2.45, 2.75) is 0 Å². The van der Waals surface area contributed by atoms with Gasteiger partial charge in [0.25, 0.3) is 5.91 Å². The summed E-state index contributed by atoms with van der Waals surface area (Å²) in [5, 5.41) is 5.45. The third-order valence-electron chi connectivity index (χ3n) is 2.67. The summed E-state index contributed by atoms with van der Waals surface area (Å²) in [6.45, 7) is 0. The van der Waals surface area contributed by atoms with Gasteiger partial charge in [0.2, 0.25) is 0 Å². The van der Waals surface area contributed by atoms with Gasteiger partial charge in [-0.2, -0.15) is 0 Å². The van der Waals surface area contributed by atoms with Gasteiger partial charge in [-0.05, 0) is 42.5 Å². The molecular formula is C14H13ClN4O2. The molecule has 21 heavy (non-hydrogen) atoms. The number of primary amides is 1. The van der Waals surface area contributed by atoms with Gasteiger partial charge in [0.15, 0.2) is 0 Å². The maximum Gasteiger partial charge on any atom is 0.316 e. The van der Waals surface area contributed by atoms with Crippen LogP contribution < -0.4 is 22.1 Å². The van der Waals surface area contributed by atoms with Gasteiger partial charge in [-0.1, -0.05) is 11.6 Å². The predicted octanol–water partition coefficient (Wildman–Crippen LogP) is 2.67. The highest BCUT2D eigenvalue weighted by atomic mass is 35.5. The molecule has 0 unspecified atom stereocenters. The molecule has 0 spiro atoms. The van der Waals surface area contributed by atoms with Crippen molar-refractivity contribution >= 4 is 40.6 Å². The number of rotatable bonds is 3. The molecule has 0 saturated heterocycles. The molecule has 0 radical (unpaired) electrons. The van der Waals surface area contributed by atoms with Crippen molar-refractivity contribution < 1.29 is 9.59 Å². The highest BCUT2D eigenvalue weighted by molar-refractivity contribution is 6.33. The number of hydrogen-bond acceptors (Lipinski definition) is 3. The molecule has 0 aliphatic carbocycles. The zero-order chi connectivity index (χ0) is 15.4. The Hall–Kier alpha value is -2.73. The second kappa shape index (κ2) is 6.15. The Labute approximate surface area is 126 Å². The third kappa shape index (κ3) is 3.87. The molecule has 6 nitrogen and oxygen atoms in total. The Morgan fingerprint density at radius 1 is 0.952 bits per heavy atom. The van der Waals surface area contributed by atoms with Crippen molar-refractivity contribution in [1.29, 1.82) is 0 Å². The molecular weight excluding hydrogens is 292 g/mol. The minimum absolute atomic E-state index is 0.312. The van der Waals surface area contributed by atoms with E-state index in [2.05, 4.69) is 10.6 Å². The number of halogens is 1. The van der Waals surface area contributed by atoms with Gasteiger partial charge in [-0.25, -0.2) is 4.79 Å². The lowest BCUT2D eigenvalue weighted by Gasteiger charge is -2.08. The smallest absolute Gasteiger partial charge is 0.316 e. The first-order valence-electron chi connectivity index (χ1n) is 5.98. The Morgan fingerprint density at radius 3 is 2.05 bits per heavy atom. The van der Waals surface area contributed by atoms with Crippen molar-refractivity contribution in [1.82, 2.24) is 0 Å². The van der Waals surface area contributed by atoms with Gasteiger partial charge in [0, 0.05) is 16.9 Å². The minimum Gasteiger partial charge on any atom is -0.398 e. The van der Waals surface area contributed by atoms with Gasteiger partial charge in [-0.15, -0.1) is 0 Å². The van der Waals surface area contributed by atoms with E-state index in [9.17, 15) is 9.59 Å². The topological polar surface area (TPSA) is 110 Å². The van der Waals surface area contributed by atoms with Crippen LogP contribution in [0.25, 0.3) is 0 Å². The molecule has 0 bridgehead atoms. The lowest BCUT2D eigenvalue weighted by Crippen LogP contribution is -2.19. The summed E-state index contributed by atoms with van der Waals surface area (Å²) in [5.74, 6) is -0.312. The SMILES string of the molecule is NC(=O)Nc1ccc(NC(=O)c2ccc(N)c(Cl)c2)cc1. The summed E-state index contributed by atoms with van der Waals surface area (Å²) in [4.78, 5) is 22.7. The molecule has 0 saturated carbocycles. The fourth-order valence-corrected chi connectivity index (χ4v) is 1.83. The Bertz CT molecular complexity index is 686. The number of nitrogens with one attached hydrogen (secondary N) is 2. The third-order valence-corrected chi connectivity index (χ3v) is 3.00. The lowest BCUT2D eigenvalue weighted by atomic mass is 10.2. The first-order chi connectivity index (χ1) is 9.95. The molecule has 0 heterocycles. The molecule has 0 atom stereocenters. The van der Waals surface area contributed by atoms with Crippen LogP contribution in [0.3, 0.4) is 0 Å². The molecule has 7 heteroatoms. The summed E-state index contributed by atoms with van der Waals surface area (Å²) in [5.41, 5.74) is 12.5. The van der Waals surface area contributed by atoms with E-state index in [1.807, 2.05) is 0 Å². The number of anilines is 3. The Kier molecular flexibility index (Phi) is 4.30. The van der Waals surface area contributed by atoms with Gasteiger partial charge in [0.05, 0.1) is 10.7 Å². The molecule has 108 valence electrons. The maximum absolute atomic E-state index is 12.0. The van der Waals surface area contributed by atoms with Crippen LogP contribution in [0.2, 0.25) is 5.02 Å². The number of amides is 3. The van der Waals surface area contributed by atoms with Gasteiger partial charge >= 0.3 is 6.03 Å². The van der Waals surface area contributed by atoms with Crippen molar-refractivity contribution in [3.8, 4) is 0 Å². The van der Waals surface area contributed by atoms with Gasteiger partial charge in [0.1, 0.15) is 0 Å². The number of carbonyl (C=O) groups is 2. The van der Waals surface area contributed by atoms with Crippen molar-refractivity contribution in [3.63, 3.8) is 0 Å². The van der Waals surface area contributed by atoms with Crippen LogP contribution in [-0.2, 0) is 0 Å². The molecule has 0 aliphatic heterocycles. The van der Waals surface area contributed by atoms with E-state index in [0.717, 1.165) is 0 Å². The summed E-state index contributed by atoms with van der Waals surface area (Å²) in [6, 6.07) is 10.5. The van der Waals surface area contributed by atoms with E-state index >= 15 is 0 Å². The summed E-state index contributed by atoms with van der Waals surface area (Å²) >= 11 is 5.87. The number of nitrogens with two attached hydrogens (primary N) is 2. The lowest BCUT2D eigenvalue weighted by molar-refractivity contribution is 0.102. The van der Waals surface area contributed by atoms with Crippen LogP contribution in [-0.4, -0.2) is 11.9 Å². The van der Waals surface area contributed by atoms with Crippen LogP contribution in [0.5, 0.6) is 0 Å². The van der Waals surface area contributed by atoms with E-state index in [4.69, 9.17) is 23.1 Å². The fraction of sp³-hybridized carbons (Fsp3) is 0. The molecule has 6 N–H and O–H groups in total. The highest BCUT2D eigenvalue weighted by Crippen LogP contribution is 2.21. The van der Waals surface area contributed by atoms with Crippen LogP contribution in [0.15, 0.2) is 42.5 Å². The fourth-order valence-electron chi connectivity index (χ4n) is 1.65. The van der Waals surface area contributed by atoms with Crippen molar-refractivity contribution in [2.24, 2.45) is 5.73 Å². The average molecular weight is 305 g/mol. The molecule has 2 aromatic rings. The summed E-state index contributed by atoms with van der Waals surface area (Å²) < 4.78 is 0. The van der Waals surface area contributed by atoms with E-state index in [-0.39, 0.29) is 5.91 Å². The van der Waals surface area contributed by atoms with Crippen LogP contribution in [0, 0.1) is 0 Å². The number of nitrogen functional groups attached to an aromatic ring is 1. The monoisotopic (exact) mass is 304 g/mol. The summed E-state index contributed by atoms with van der Waals surface area (Å²) in [7, 11) is 0. The average Bonchev–Trinajstić information content (AvgIpc) is 2.43. The molecule has 0 aliphatic rings. The minimum atomic E-state index is -0.650. The Balaban J connectivity index is 2.08. The van der Waals surface area contributed by atoms with Crippen molar-refractivity contribution in [2.75, 3.05) is 16.4 Å². The zero-order valence-corrected chi connectivity index (χ0v) is 11.6. The number of carbonyl (C=O) groups excluding carboxylic acids is 2. The van der Waals surface area contributed by atoms with E-state index in [0.29, 0.717) is 27.6 Å². The predicted molar refractivity (Wildman–Crippen MR) is 83.5 cm³/mol. The van der Waals surface area contributed by atoms with E-state index < -0.39 is 6.03 Å². The van der Waals surface area contributed by atoms with Gasteiger partial charge in [-0.3, -0.25) is 4.79 Å². The maximum atomic E-state index is 12.0. The normalized spacial score (nSPS) is 9.95. The van der Waals surface area contributed by atoms with Crippen LogP contribution >= 0.6 is 11.6 Å². The second-order valence-corrected chi connectivity index (χ2v) is 4.66. The summed E-state index contributed by atoms with van der Waals surface area (Å²) in [6.07, 6.45) is 0. The number of hydrogen-bond donors (Lipinski definition) is 4. The quantitative estimate of drug-likeness (QED) is 0.654. The first kappa shape index (κ1) is 14.7. The van der Waals surface area contributed by atoms with Crippen LogP contribution in [0.1, 0.15) is 10.4 Å². The number of benzene rings is 2. The van der Waals surface area contributed by atoms with Crippen molar-refractivity contribution in [3.05, 3.63) is 53.1 Å². The largest absolute Gasteiger partial charge is 0.398 e.